The molecule has 7 heteroatoms. The molecular formula is C17H16FNO5. The number of non-ortho nitro benzene ring substituents is 1. The summed E-state index contributed by atoms with van der Waals surface area (Å²) < 4.78 is 19.0. The van der Waals surface area contributed by atoms with Crippen molar-refractivity contribution < 1.29 is 24.3 Å². The fraction of sp³-hybridized carbons (Fsp3) is 0.176. The third-order valence-corrected chi connectivity index (χ3v) is 3.18. The van der Waals surface area contributed by atoms with E-state index >= 15 is 0 Å². The van der Waals surface area contributed by atoms with Crippen molar-refractivity contribution in [1.29, 1.82) is 0 Å². The first-order valence-electron chi connectivity index (χ1n) is 7.13. The summed E-state index contributed by atoms with van der Waals surface area (Å²) in [6.07, 6.45) is 2.25. The zero-order valence-electron chi connectivity index (χ0n) is 12.6. The number of rotatable bonds is 7. The molecule has 2 aromatic rings. The van der Waals surface area contributed by atoms with Gasteiger partial charge in [0.25, 0.3) is 5.69 Å². The lowest BCUT2D eigenvalue weighted by Gasteiger charge is -2.09. The van der Waals surface area contributed by atoms with Gasteiger partial charge in [-0.25, -0.2) is 4.39 Å². The monoisotopic (exact) mass is 333 g/mol. The van der Waals surface area contributed by atoms with Gasteiger partial charge < -0.3 is 14.9 Å². The first-order valence-corrected chi connectivity index (χ1v) is 7.13. The van der Waals surface area contributed by atoms with E-state index < -0.39 is 16.8 Å². The van der Waals surface area contributed by atoms with Gasteiger partial charge in [-0.1, -0.05) is 24.3 Å². The molecule has 24 heavy (non-hydrogen) atoms. The summed E-state index contributed by atoms with van der Waals surface area (Å²) in [7, 11) is 0. The van der Waals surface area contributed by atoms with E-state index in [0.29, 0.717) is 5.75 Å². The number of ether oxygens (including phenoxy) is 1. The Morgan fingerprint density at radius 2 is 1.92 bits per heavy atom. The van der Waals surface area contributed by atoms with Gasteiger partial charge in [-0.15, -0.1) is 0 Å². The maximum Gasteiger partial charge on any atom is 0.272 e. The van der Waals surface area contributed by atoms with E-state index in [2.05, 4.69) is 0 Å². The molecule has 0 aromatic heterocycles. The van der Waals surface area contributed by atoms with Crippen LogP contribution in [0, 0.1) is 15.9 Å². The molecule has 1 unspecified atom stereocenters. The van der Waals surface area contributed by atoms with E-state index in [9.17, 15) is 19.6 Å². The average molecular weight is 333 g/mol. The van der Waals surface area contributed by atoms with Crippen LogP contribution in [0.4, 0.5) is 10.1 Å². The van der Waals surface area contributed by atoms with Crippen LogP contribution in [0.15, 0.2) is 42.5 Å². The lowest BCUT2D eigenvalue weighted by Crippen LogP contribution is -2.21. The fourth-order valence-corrected chi connectivity index (χ4v) is 1.87. The fourth-order valence-electron chi connectivity index (χ4n) is 1.87. The Kier molecular flexibility index (Phi) is 6.00. The highest BCUT2D eigenvalue weighted by molar-refractivity contribution is 5.70. The summed E-state index contributed by atoms with van der Waals surface area (Å²) in [4.78, 5) is 9.92. The van der Waals surface area contributed by atoms with Gasteiger partial charge in [0.05, 0.1) is 17.6 Å². The molecule has 0 spiro atoms. The van der Waals surface area contributed by atoms with Gasteiger partial charge >= 0.3 is 0 Å². The number of nitro benzene ring substituents is 1. The second kappa shape index (κ2) is 8.19. The van der Waals surface area contributed by atoms with Crippen molar-refractivity contribution in [1.82, 2.24) is 0 Å². The highest BCUT2D eigenvalue weighted by Crippen LogP contribution is 2.19. The minimum atomic E-state index is -0.935. The van der Waals surface area contributed by atoms with Crippen molar-refractivity contribution in [2.45, 2.75) is 6.10 Å². The second-order valence-electron chi connectivity index (χ2n) is 5.01. The van der Waals surface area contributed by atoms with Crippen LogP contribution in [0.1, 0.15) is 11.1 Å². The summed E-state index contributed by atoms with van der Waals surface area (Å²) in [5.74, 6) is -0.139. The molecule has 0 bridgehead atoms. The maximum absolute atomic E-state index is 13.8. The van der Waals surface area contributed by atoms with Gasteiger partial charge in [0.15, 0.2) is 0 Å². The van der Waals surface area contributed by atoms with Crippen molar-refractivity contribution in [2.75, 3.05) is 13.2 Å². The Bertz CT molecular complexity index is 730. The largest absolute Gasteiger partial charge is 0.491 e. The van der Waals surface area contributed by atoms with E-state index in [0.717, 1.165) is 11.6 Å². The van der Waals surface area contributed by atoms with Crippen LogP contribution in [-0.4, -0.2) is 34.5 Å². The molecule has 6 nitrogen and oxygen atoms in total. The SMILES string of the molecule is O=[N+]([O-])c1ccc(/C=C/c2ccc(OCC(O)CO)cc2)c(F)c1. The molecular weight excluding hydrogens is 317 g/mol. The van der Waals surface area contributed by atoms with Crippen LogP contribution in [0.3, 0.4) is 0 Å². The number of aliphatic hydroxyl groups is 2. The molecule has 2 N–H and O–H groups in total. The number of nitrogens with zero attached hydrogens (tertiary/aromatic N) is 1. The Morgan fingerprint density at radius 3 is 2.50 bits per heavy atom. The summed E-state index contributed by atoms with van der Waals surface area (Å²) in [6.45, 7) is -0.388. The zero-order chi connectivity index (χ0) is 17.5. The quantitative estimate of drug-likeness (QED) is 0.462. The Hall–Kier alpha value is -2.77. The molecule has 0 amide bonds. The van der Waals surface area contributed by atoms with Crippen LogP contribution in [0.25, 0.3) is 12.2 Å². The highest BCUT2D eigenvalue weighted by atomic mass is 19.1. The topological polar surface area (TPSA) is 92.8 Å². The van der Waals surface area contributed by atoms with Crippen molar-refractivity contribution in [2.24, 2.45) is 0 Å². The Labute approximate surface area is 137 Å². The van der Waals surface area contributed by atoms with Gasteiger partial charge in [0, 0.05) is 11.6 Å². The van der Waals surface area contributed by atoms with Crippen LogP contribution in [-0.2, 0) is 0 Å². The summed E-state index contributed by atoms with van der Waals surface area (Å²) in [5.41, 5.74) is 0.728. The number of aliphatic hydroxyl groups excluding tert-OH is 2. The molecule has 126 valence electrons. The molecule has 0 aliphatic heterocycles. The molecule has 2 rings (SSSR count). The molecule has 0 radical (unpaired) electrons. The second-order valence-corrected chi connectivity index (χ2v) is 5.01. The third kappa shape index (κ3) is 4.87. The van der Waals surface area contributed by atoms with Gasteiger partial charge in [-0.05, 0) is 23.8 Å². The zero-order valence-corrected chi connectivity index (χ0v) is 12.6. The van der Waals surface area contributed by atoms with Crippen molar-refractivity contribution in [3.8, 4) is 5.75 Å². The van der Waals surface area contributed by atoms with Gasteiger partial charge in [0.1, 0.15) is 24.3 Å². The Balaban J connectivity index is 2.03. The van der Waals surface area contributed by atoms with Gasteiger partial charge in [0.2, 0.25) is 0 Å². The van der Waals surface area contributed by atoms with Gasteiger partial charge in [-0.2, -0.15) is 0 Å². The highest BCUT2D eigenvalue weighted by Gasteiger charge is 2.08. The molecule has 0 saturated carbocycles. The number of nitro groups is 1. The minimum absolute atomic E-state index is 0.0142. The lowest BCUT2D eigenvalue weighted by molar-refractivity contribution is -0.385. The molecule has 0 heterocycles. The Morgan fingerprint density at radius 1 is 1.21 bits per heavy atom. The molecule has 0 aliphatic carbocycles. The average Bonchev–Trinajstić information content (AvgIpc) is 2.59. The number of hydrogen-bond donors (Lipinski definition) is 2. The van der Waals surface area contributed by atoms with Crippen molar-refractivity contribution >= 4 is 17.8 Å². The van der Waals surface area contributed by atoms with Crippen molar-refractivity contribution in [3.63, 3.8) is 0 Å². The van der Waals surface area contributed by atoms with E-state index in [-0.39, 0.29) is 24.5 Å². The number of halogens is 1. The van der Waals surface area contributed by atoms with Crippen LogP contribution < -0.4 is 4.74 Å². The predicted octanol–water partition coefficient (Wildman–Crippen LogP) is 2.64. The smallest absolute Gasteiger partial charge is 0.272 e. The molecule has 0 saturated heterocycles. The van der Waals surface area contributed by atoms with E-state index in [4.69, 9.17) is 9.84 Å². The number of hydrogen-bond acceptors (Lipinski definition) is 5. The van der Waals surface area contributed by atoms with Gasteiger partial charge in [-0.3, -0.25) is 10.1 Å². The molecule has 1 atom stereocenters. The van der Waals surface area contributed by atoms with E-state index in [1.807, 2.05) is 0 Å². The first kappa shape index (κ1) is 17.6. The van der Waals surface area contributed by atoms with Crippen molar-refractivity contribution in [3.05, 3.63) is 69.5 Å². The van der Waals surface area contributed by atoms with E-state index in [1.54, 1.807) is 30.3 Å². The lowest BCUT2D eigenvalue weighted by atomic mass is 10.1. The van der Waals surface area contributed by atoms with Crippen LogP contribution in [0.5, 0.6) is 5.75 Å². The third-order valence-electron chi connectivity index (χ3n) is 3.18. The maximum atomic E-state index is 13.8. The first-order chi connectivity index (χ1) is 11.5. The molecule has 0 fully saturated rings. The molecule has 0 aliphatic rings. The minimum Gasteiger partial charge on any atom is -0.491 e. The number of benzene rings is 2. The normalized spacial score (nSPS) is 12.3. The summed E-state index contributed by atoms with van der Waals surface area (Å²) >= 11 is 0. The molecule has 2 aromatic carbocycles. The van der Waals surface area contributed by atoms with Crippen LogP contribution in [0.2, 0.25) is 0 Å². The summed E-state index contributed by atoms with van der Waals surface area (Å²) in [5, 5.41) is 28.5. The van der Waals surface area contributed by atoms with E-state index in [1.165, 1.54) is 18.2 Å². The van der Waals surface area contributed by atoms with Crippen LogP contribution >= 0.6 is 0 Å². The predicted molar refractivity (Wildman–Crippen MR) is 87.0 cm³/mol. The summed E-state index contributed by atoms with van der Waals surface area (Å²) in [6, 6.07) is 10.3. The standard InChI is InChI=1S/C17H16FNO5/c18-17-9-14(19(22)23)6-5-13(17)4-1-12-2-7-16(8-3-12)24-11-15(21)10-20/h1-9,15,20-21H,10-11H2/b4-1+.